The molecule has 184 valence electrons. The molecule has 1 atom stereocenters. The fraction of sp³-hybridized carbons (Fsp3) is 0.0345. The highest BCUT2D eigenvalue weighted by Crippen LogP contribution is 2.56. The normalized spacial score (nSPS) is 19.7. The molecule has 0 radical (unpaired) electrons. The molecular formula is C29H16Cl2N4OS2. The number of nitriles is 1. The third kappa shape index (κ3) is 3.60. The van der Waals surface area contributed by atoms with Gasteiger partial charge in [0, 0.05) is 20.9 Å². The van der Waals surface area contributed by atoms with E-state index < -0.39 is 5.92 Å². The lowest BCUT2D eigenvalue weighted by molar-refractivity contribution is 0.515. The molecular weight excluding hydrogens is 555 g/mol. The number of anilines is 2. The maximum absolute atomic E-state index is 10.5. The fourth-order valence-corrected chi connectivity index (χ4v) is 7.45. The number of thioether (sulfide) groups is 2. The van der Waals surface area contributed by atoms with Crippen LogP contribution in [0.15, 0.2) is 114 Å². The monoisotopic (exact) mass is 570 g/mol. The molecule has 7 rings (SSSR count). The minimum absolute atomic E-state index is 0.316. The van der Waals surface area contributed by atoms with E-state index in [1.54, 1.807) is 23.9 Å². The van der Waals surface area contributed by atoms with E-state index in [9.17, 15) is 10.7 Å². The number of furan rings is 1. The van der Waals surface area contributed by atoms with Crippen molar-refractivity contribution in [3.63, 3.8) is 0 Å². The summed E-state index contributed by atoms with van der Waals surface area (Å²) in [7, 11) is 0. The summed E-state index contributed by atoms with van der Waals surface area (Å²) in [6.07, 6.45) is 0. The third-order valence-electron chi connectivity index (χ3n) is 6.63. The van der Waals surface area contributed by atoms with E-state index in [1.807, 2.05) is 71.6 Å². The van der Waals surface area contributed by atoms with Gasteiger partial charge in [-0.2, -0.15) is 5.26 Å². The van der Waals surface area contributed by atoms with Crippen LogP contribution in [0.3, 0.4) is 0 Å². The summed E-state index contributed by atoms with van der Waals surface area (Å²) < 4.78 is 6.39. The van der Waals surface area contributed by atoms with Gasteiger partial charge in [-0.15, -0.1) is 0 Å². The number of nitrogens with zero attached hydrogens (tertiary/aromatic N) is 2. The SMILES string of the molecule is N#CC1=C2Sc3ccccc3N2C(=N)/C(=C2\Nc3ccccc3S2)C1c1ccc(-c2ccc(Cl)c(Cl)c2)o1. The second-order valence-electron chi connectivity index (χ2n) is 8.81. The third-order valence-corrected chi connectivity index (χ3v) is 9.63. The zero-order valence-corrected chi connectivity index (χ0v) is 22.6. The lowest BCUT2D eigenvalue weighted by Gasteiger charge is -2.33. The van der Waals surface area contributed by atoms with Crippen molar-refractivity contribution in [3.05, 3.63) is 116 Å². The Bertz CT molecular complexity index is 1760. The smallest absolute Gasteiger partial charge is 0.137 e. The molecule has 0 saturated carbocycles. The minimum atomic E-state index is -0.568. The van der Waals surface area contributed by atoms with Gasteiger partial charge in [-0.1, -0.05) is 71.0 Å². The lowest BCUT2D eigenvalue weighted by Crippen LogP contribution is -2.36. The Kier molecular flexibility index (Phi) is 5.60. The van der Waals surface area contributed by atoms with Crippen molar-refractivity contribution in [2.75, 3.05) is 10.2 Å². The van der Waals surface area contributed by atoms with Gasteiger partial charge in [-0.3, -0.25) is 10.3 Å². The van der Waals surface area contributed by atoms with Crippen molar-refractivity contribution in [1.82, 2.24) is 0 Å². The second kappa shape index (κ2) is 9.04. The van der Waals surface area contributed by atoms with Gasteiger partial charge < -0.3 is 9.73 Å². The summed E-state index contributed by atoms with van der Waals surface area (Å²) >= 11 is 15.5. The topological polar surface area (TPSA) is 76.1 Å². The molecule has 3 aromatic carbocycles. The van der Waals surface area contributed by atoms with E-state index in [2.05, 4.69) is 11.4 Å². The highest BCUT2D eigenvalue weighted by Gasteiger charge is 2.45. The minimum Gasteiger partial charge on any atom is -0.460 e. The molecule has 9 heteroatoms. The summed E-state index contributed by atoms with van der Waals surface area (Å²) in [5.41, 5.74) is 3.89. The van der Waals surface area contributed by atoms with Gasteiger partial charge in [-0.25, -0.2) is 0 Å². The second-order valence-corrected chi connectivity index (χ2v) is 11.7. The van der Waals surface area contributed by atoms with E-state index in [0.29, 0.717) is 38.5 Å². The van der Waals surface area contributed by atoms with Crippen molar-refractivity contribution >= 4 is 63.9 Å². The number of benzene rings is 3. The molecule has 1 aromatic heterocycles. The molecule has 4 heterocycles. The number of fused-ring (bicyclic) bond motifs is 4. The van der Waals surface area contributed by atoms with E-state index >= 15 is 0 Å². The highest BCUT2D eigenvalue weighted by atomic mass is 35.5. The van der Waals surface area contributed by atoms with Gasteiger partial charge in [0.05, 0.1) is 44.0 Å². The molecule has 0 fully saturated rings. The quantitative estimate of drug-likeness (QED) is 0.250. The van der Waals surface area contributed by atoms with E-state index in [4.69, 9.17) is 27.6 Å². The number of halogens is 2. The maximum atomic E-state index is 10.5. The highest BCUT2D eigenvalue weighted by molar-refractivity contribution is 8.04. The fourth-order valence-electron chi connectivity index (χ4n) is 4.90. The number of rotatable bonds is 2. The average Bonchev–Trinajstić information content (AvgIpc) is 3.66. The number of hydrogen-bond donors (Lipinski definition) is 2. The van der Waals surface area contributed by atoms with Crippen LogP contribution in [0.5, 0.6) is 0 Å². The van der Waals surface area contributed by atoms with Crippen LogP contribution >= 0.6 is 46.7 Å². The van der Waals surface area contributed by atoms with E-state index in [1.165, 1.54) is 11.8 Å². The van der Waals surface area contributed by atoms with Gasteiger partial charge >= 0.3 is 0 Å². The molecule has 0 amide bonds. The predicted octanol–water partition coefficient (Wildman–Crippen LogP) is 9.10. The van der Waals surface area contributed by atoms with Crippen molar-refractivity contribution in [3.8, 4) is 17.4 Å². The molecule has 0 saturated heterocycles. The number of nitrogens with one attached hydrogen (secondary N) is 2. The van der Waals surface area contributed by atoms with Gasteiger partial charge in [0.1, 0.15) is 22.4 Å². The predicted molar refractivity (Wildman–Crippen MR) is 155 cm³/mol. The Balaban J connectivity index is 1.43. The van der Waals surface area contributed by atoms with Crippen LogP contribution in [0.1, 0.15) is 11.7 Å². The number of para-hydroxylation sites is 2. The molecule has 3 aliphatic heterocycles. The number of hydrogen-bond acceptors (Lipinski definition) is 6. The van der Waals surface area contributed by atoms with Crippen LogP contribution in [0.25, 0.3) is 11.3 Å². The first-order valence-electron chi connectivity index (χ1n) is 11.7. The molecule has 0 bridgehead atoms. The first kappa shape index (κ1) is 23.6. The Labute approximate surface area is 237 Å². The van der Waals surface area contributed by atoms with Gasteiger partial charge in [0.25, 0.3) is 0 Å². The molecule has 5 nitrogen and oxygen atoms in total. The summed E-state index contributed by atoms with van der Waals surface area (Å²) in [4.78, 5) is 3.96. The molecule has 38 heavy (non-hydrogen) atoms. The van der Waals surface area contributed by atoms with Crippen LogP contribution < -0.4 is 10.2 Å². The van der Waals surface area contributed by atoms with E-state index in [-0.39, 0.29) is 0 Å². The van der Waals surface area contributed by atoms with Gasteiger partial charge in [0.15, 0.2) is 0 Å². The van der Waals surface area contributed by atoms with Crippen molar-refractivity contribution in [1.29, 1.82) is 10.7 Å². The molecule has 0 spiro atoms. The van der Waals surface area contributed by atoms with Crippen LogP contribution in [-0.2, 0) is 0 Å². The largest absolute Gasteiger partial charge is 0.460 e. The number of allylic oxidation sites excluding steroid dienone is 1. The van der Waals surface area contributed by atoms with Crippen LogP contribution in [0, 0.1) is 16.7 Å². The van der Waals surface area contributed by atoms with Crippen LogP contribution in [-0.4, -0.2) is 5.84 Å². The Hall–Kier alpha value is -3.54. The Morgan fingerprint density at radius 2 is 1.71 bits per heavy atom. The molecule has 3 aliphatic rings. The summed E-state index contributed by atoms with van der Waals surface area (Å²) in [5.74, 6) is 0.937. The first-order valence-corrected chi connectivity index (χ1v) is 14.1. The molecule has 1 unspecified atom stereocenters. The maximum Gasteiger partial charge on any atom is 0.137 e. The Morgan fingerprint density at radius 3 is 2.50 bits per heavy atom. The van der Waals surface area contributed by atoms with Crippen molar-refractivity contribution in [2.24, 2.45) is 0 Å². The van der Waals surface area contributed by atoms with Gasteiger partial charge in [-0.05, 0) is 54.6 Å². The standard InChI is InChI=1S/C29H16Cl2N4OS2/c30-17-10-9-15(13-18(17)31)21-11-12-22(36-21)25-16(14-32)29-35(20-6-2-4-8-24(20)38-29)27(33)26(25)28-34-19-5-1-3-7-23(19)37-28/h1-13,25,33-34H/b28-26+,33-27?. The average molecular weight is 572 g/mol. The van der Waals surface area contributed by atoms with Crippen LogP contribution in [0.2, 0.25) is 10.0 Å². The van der Waals surface area contributed by atoms with Crippen molar-refractivity contribution < 1.29 is 4.42 Å². The summed E-state index contributed by atoms with van der Waals surface area (Å²) in [6, 6.07) is 27.5. The van der Waals surface area contributed by atoms with Crippen LogP contribution in [0.4, 0.5) is 11.4 Å². The zero-order chi connectivity index (χ0) is 26.0. The summed E-state index contributed by atoms with van der Waals surface area (Å²) in [5, 5.41) is 25.9. The Morgan fingerprint density at radius 1 is 0.921 bits per heavy atom. The first-order chi connectivity index (χ1) is 18.5. The van der Waals surface area contributed by atoms with Crippen molar-refractivity contribution in [2.45, 2.75) is 15.7 Å². The summed E-state index contributed by atoms with van der Waals surface area (Å²) in [6.45, 7) is 0. The van der Waals surface area contributed by atoms with Gasteiger partial charge in [0.2, 0.25) is 0 Å². The number of amidine groups is 1. The molecule has 4 aromatic rings. The molecule has 0 aliphatic carbocycles. The molecule has 2 N–H and O–H groups in total. The van der Waals surface area contributed by atoms with E-state index in [0.717, 1.165) is 36.8 Å². The zero-order valence-electron chi connectivity index (χ0n) is 19.5. The lowest BCUT2D eigenvalue weighted by atomic mass is 9.86.